The Kier molecular flexibility index (Phi) is 7.57. The second-order valence-corrected chi connectivity index (χ2v) is 12.7. The number of rotatable bonds is 7. The van der Waals surface area contributed by atoms with Gasteiger partial charge in [0, 0.05) is 23.1 Å². The topological polar surface area (TPSA) is 96.1 Å². The molecule has 0 bridgehead atoms. The Labute approximate surface area is 227 Å². The van der Waals surface area contributed by atoms with E-state index in [9.17, 15) is 13.2 Å². The van der Waals surface area contributed by atoms with Gasteiger partial charge in [-0.1, -0.05) is 46.5 Å². The molecule has 5 rings (SSSR count). The lowest BCUT2D eigenvalue weighted by atomic mass is 9.96. The maximum atomic E-state index is 13.6. The van der Waals surface area contributed by atoms with Crippen molar-refractivity contribution < 1.29 is 17.6 Å². The van der Waals surface area contributed by atoms with Gasteiger partial charge in [-0.25, -0.2) is 13.4 Å². The van der Waals surface area contributed by atoms with Crippen molar-refractivity contribution in [1.29, 1.82) is 0 Å². The van der Waals surface area contributed by atoms with Crippen LogP contribution in [0.15, 0.2) is 79.7 Å². The normalized spacial score (nSPS) is 15.1. The number of sulfonamides is 1. The minimum absolute atomic E-state index is 0.00515. The number of carbonyl (C=O) groups excluding carboxylic acids is 1. The van der Waals surface area contributed by atoms with Crippen molar-refractivity contribution in [1.82, 2.24) is 9.29 Å². The van der Waals surface area contributed by atoms with E-state index >= 15 is 0 Å². The van der Waals surface area contributed by atoms with Crippen molar-refractivity contribution >= 4 is 64.8 Å². The zero-order chi connectivity index (χ0) is 26.0. The number of carbonyl (C=O) groups is 1. The molecule has 2 aromatic carbocycles. The van der Waals surface area contributed by atoms with Crippen molar-refractivity contribution in [2.75, 3.05) is 12.1 Å². The third-order valence-electron chi connectivity index (χ3n) is 6.42. The van der Waals surface area contributed by atoms with Crippen LogP contribution >= 0.6 is 27.3 Å². The summed E-state index contributed by atoms with van der Waals surface area (Å²) in [6.07, 6.45) is 7.92. The largest absolute Gasteiger partial charge is 0.463 e. The first-order valence-corrected chi connectivity index (χ1v) is 14.9. The molecule has 0 radical (unpaired) electrons. The molecule has 0 saturated heterocycles. The summed E-state index contributed by atoms with van der Waals surface area (Å²) in [5.74, 6) is 0.0411. The molecule has 4 aromatic rings. The minimum atomic E-state index is -3.66. The van der Waals surface area contributed by atoms with Gasteiger partial charge >= 0.3 is 0 Å². The number of halogens is 1. The highest BCUT2D eigenvalue weighted by atomic mass is 79.9. The van der Waals surface area contributed by atoms with Gasteiger partial charge in [-0.15, -0.1) is 0 Å². The average molecular weight is 602 g/mol. The van der Waals surface area contributed by atoms with Gasteiger partial charge in [-0.05, 0) is 67.4 Å². The SMILES string of the molecule is CN(C1CCCCC1)S(=O)(=O)c1ccc(C(=O)N(/N=C/c2ccco2)c2nc3ccc(Br)cc3s2)cc1. The summed E-state index contributed by atoms with van der Waals surface area (Å²) in [7, 11) is -2.02. The molecule has 1 saturated carbocycles. The first kappa shape index (κ1) is 25.8. The van der Waals surface area contributed by atoms with Crippen LogP contribution in [0.2, 0.25) is 0 Å². The lowest BCUT2D eigenvalue weighted by Gasteiger charge is -2.30. The van der Waals surface area contributed by atoms with E-state index < -0.39 is 15.9 Å². The van der Waals surface area contributed by atoms with Crippen LogP contribution in [0.1, 0.15) is 48.2 Å². The number of furan rings is 1. The Balaban J connectivity index is 1.44. The standard InChI is InChI=1S/C26H25BrN4O4S2/c1-30(20-6-3-2-4-7-20)37(33,34)22-12-9-18(10-13-22)25(32)31(28-17-21-8-5-15-35-21)26-29-23-14-11-19(27)16-24(23)36-26/h5,8-17,20H,2-4,6-7H2,1H3/b28-17+. The van der Waals surface area contributed by atoms with E-state index in [1.807, 2.05) is 18.2 Å². The second kappa shape index (κ2) is 10.9. The highest BCUT2D eigenvalue weighted by Crippen LogP contribution is 2.32. The molecule has 2 heterocycles. The quantitative estimate of drug-likeness (QED) is 0.183. The summed E-state index contributed by atoms with van der Waals surface area (Å²) in [5, 5.41) is 5.96. The van der Waals surface area contributed by atoms with Gasteiger partial charge in [0.1, 0.15) is 5.76 Å². The Hall–Kier alpha value is -2.86. The highest BCUT2D eigenvalue weighted by Gasteiger charge is 2.29. The third-order valence-corrected chi connectivity index (χ3v) is 9.83. The van der Waals surface area contributed by atoms with Crippen LogP contribution in [-0.2, 0) is 10.0 Å². The summed E-state index contributed by atoms with van der Waals surface area (Å²) in [6.45, 7) is 0. The molecule has 1 aliphatic carbocycles. The maximum absolute atomic E-state index is 13.6. The molecule has 0 spiro atoms. The molecule has 0 aliphatic heterocycles. The van der Waals surface area contributed by atoms with Crippen LogP contribution in [-0.4, -0.2) is 42.9 Å². The number of fused-ring (bicyclic) bond motifs is 1. The van der Waals surface area contributed by atoms with Crippen molar-refractivity contribution in [2.45, 2.75) is 43.0 Å². The number of amides is 1. The van der Waals surface area contributed by atoms with Crippen LogP contribution in [0.3, 0.4) is 0 Å². The molecule has 8 nitrogen and oxygen atoms in total. The van der Waals surface area contributed by atoms with Gasteiger partial charge in [0.05, 0.1) is 27.6 Å². The third kappa shape index (κ3) is 5.54. The molecule has 1 fully saturated rings. The first-order chi connectivity index (χ1) is 17.8. The maximum Gasteiger partial charge on any atom is 0.280 e. The summed E-state index contributed by atoms with van der Waals surface area (Å²) in [5.41, 5.74) is 1.03. The van der Waals surface area contributed by atoms with Crippen molar-refractivity contribution in [3.63, 3.8) is 0 Å². The zero-order valence-corrected chi connectivity index (χ0v) is 23.3. The average Bonchev–Trinajstić information content (AvgIpc) is 3.58. The number of benzene rings is 2. The Bertz CT molecular complexity index is 1530. The molecule has 0 unspecified atom stereocenters. The molecule has 1 aliphatic rings. The van der Waals surface area contributed by atoms with Crippen LogP contribution in [0.4, 0.5) is 5.13 Å². The van der Waals surface area contributed by atoms with Crippen LogP contribution < -0.4 is 5.01 Å². The van der Waals surface area contributed by atoms with E-state index in [0.717, 1.165) is 46.8 Å². The van der Waals surface area contributed by atoms with Gasteiger partial charge in [0.2, 0.25) is 15.2 Å². The van der Waals surface area contributed by atoms with E-state index in [4.69, 9.17) is 4.42 Å². The lowest BCUT2D eigenvalue weighted by Crippen LogP contribution is -2.38. The Morgan fingerprint density at radius 3 is 2.59 bits per heavy atom. The number of thiazole rings is 1. The summed E-state index contributed by atoms with van der Waals surface area (Å²) in [6, 6.07) is 15.1. The molecule has 2 aromatic heterocycles. The lowest BCUT2D eigenvalue weighted by molar-refractivity contribution is 0.0987. The molecule has 11 heteroatoms. The van der Waals surface area contributed by atoms with Gasteiger partial charge < -0.3 is 4.42 Å². The molecule has 192 valence electrons. The van der Waals surface area contributed by atoms with E-state index in [2.05, 4.69) is 26.0 Å². The second-order valence-electron chi connectivity index (χ2n) is 8.82. The van der Waals surface area contributed by atoms with E-state index in [1.165, 1.54) is 57.4 Å². The van der Waals surface area contributed by atoms with Crippen molar-refractivity contribution in [3.8, 4) is 0 Å². The minimum Gasteiger partial charge on any atom is -0.463 e. The molecular formula is C26H25BrN4O4S2. The van der Waals surface area contributed by atoms with Gasteiger partial charge in [-0.3, -0.25) is 4.79 Å². The predicted molar refractivity (Wildman–Crippen MR) is 149 cm³/mol. The number of hydrazone groups is 1. The molecule has 37 heavy (non-hydrogen) atoms. The molecule has 0 N–H and O–H groups in total. The molecule has 1 amide bonds. The van der Waals surface area contributed by atoms with Crippen LogP contribution in [0, 0.1) is 0 Å². The van der Waals surface area contributed by atoms with Gasteiger partial charge in [-0.2, -0.15) is 14.4 Å². The number of anilines is 1. The monoisotopic (exact) mass is 600 g/mol. The van der Waals surface area contributed by atoms with Gasteiger partial charge in [0.15, 0.2) is 0 Å². The number of aromatic nitrogens is 1. The fraction of sp³-hybridized carbons (Fsp3) is 0.269. The van der Waals surface area contributed by atoms with Crippen LogP contribution in [0.25, 0.3) is 10.2 Å². The first-order valence-electron chi connectivity index (χ1n) is 11.9. The van der Waals surface area contributed by atoms with Gasteiger partial charge in [0.25, 0.3) is 5.91 Å². The predicted octanol–water partition coefficient (Wildman–Crippen LogP) is 6.29. The van der Waals surface area contributed by atoms with Crippen molar-refractivity contribution in [3.05, 3.63) is 76.7 Å². The number of hydrogen-bond acceptors (Lipinski definition) is 7. The van der Waals surface area contributed by atoms with E-state index in [0.29, 0.717) is 10.9 Å². The summed E-state index contributed by atoms with van der Waals surface area (Å²) in [4.78, 5) is 18.3. The zero-order valence-electron chi connectivity index (χ0n) is 20.1. The van der Waals surface area contributed by atoms with E-state index in [1.54, 1.807) is 19.2 Å². The van der Waals surface area contributed by atoms with E-state index in [-0.39, 0.29) is 16.5 Å². The summed E-state index contributed by atoms with van der Waals surface area (Å²) < 4.78 is 35.0. The fourth-order valence-corrected chi connectivity index (χ4v) is 7.23. The number of nitrogens with zero attached hydrogens (tertiary/aromatic N) is 4. The smallest absolute Gasteiger partial charge is 0.280 e. The highest BCUT2D eigenvalue weighted by molar-refractivity contribution is 9.10. The Morgan fingerprint density at radius 2 is 1.89 bits per heavy atom. The summed E-state index contributed by atoms with van der Waals surface area (Å²) >= 11 is 4.79. The fourth-order valence-electron chi connectivity index (χ4n) is 4.34. The van der Waals surface area contributed by atoms with Crippen LogP contribution in [0.5, 0.6) is 0 Å². The number of hydrogen-bond donors (Lipinski definition) is 0. The molecule has 0 atom stereocenters. The molecular weight excluding hydrogens is 576 g/mol. The Morgan fingerprint density at radius 1 is 1.14 bits per heavy atom. The van der Waals surface area contributed by atoms with Crippen molar-refractivity contribution in [2.24, 2.45) is 5.10 Å².